The molecule has 1 heterocycles. The highest BCUT2D eigenvalue weighted by Gasteiger charge is 2.13. The Morgan fingerprint density at radius 2 is 1.80 bits per heavy atom. The van der Waals surface area contributed by atoms with Crippen LogP contribution in [0.4, 0.5) is 11.9 Å². The van der Waals surface area contributed by atoms with Crippen molar-refractivity contribution in [3.8, 4) is 11.5 Å². The van der Waals surface area contributed by atoms with Gasteiger partial charge in [-0.25, -0.2) is 5.10 Å². The molecule has 0 amide bonds. The van der Waals surface area contributed by atoms with Gasteiger partial charge in [0.05, 0.1) is 0 Å². The van der Waals surface area contributed by atoms with Crippen LogP contribution in [0.1, 0.15) is 31.9 Å². The lowest BCUT2D eigenvalue weighted by atomic mass is 9.87. The monoisotopic (exact) mass is 337 g/mol. The molecule has 0 fully saturated rings. The SMILES string of the molecule is CC(C)(C)c1ccc(Oc2ccccc2CNc2n[nH]c(N)n2)cc1. The maximum Gasteiger partial charge on any atom is 0.243 e. The Morgan fingerprint density at radius 1 is 1.08 bits per heavy atom. The second kappa shape index (κ2) is 6.84. The fourth-order valence-electron chi connectivity index (χ4n) is 2.43. The standard InChI is InChI=1S/C19H23N5O/c1-19(2,3)14-8-10-15(11-9-14)25-16-7-5-4-6-13(16)12-21-18-22-17(20)23-24-18/h4-11H,12H2,1-3H3,(H4,20,21,22,23,24). The van der Waals surface area contributed by atoms with E-state index in [9.17, 15) is 0 Å². The minimum atomic E-state index is 0.124. The summed E-state index contributed by atoms with van der Waals surface area (Å²) in [4.78, 5) is 4.03. The highest BCUT2D eigenvalue weighted by Crippen LogP contribution is 2.29. The summed E-state index contributed by atoms with van der Waals surface area (Å²) in [6.45, 7) is 7.12. The molecule has 0 unspecified atom stereocenters. The van der Waals surface area contributed by atoms with Crippen LogP contribution in [0.2, 0.25) is 0 Å². The molecule has 130 valence electrons. The number of nitrogens with two attached hydrogens (primary N) is 1. The summed E-state index contributed by atoms with van der Waals surface area (Å²) in [7, 11) is 0. The van der Waals surface area contributed by atoms with E-state index in [1.807, 2.05) is 36.4 Å². The number of aromatic amines is 1. The summed E-state index contributed by atoms with van der Waals surface area (Å²) in [6.07, 6.45) is 0. The third-order valence-corrected chi connectivity index (χ3v) is 3.86. The topological polar surface area (TPSA) is 88.8 Å². The number of rotatable bonds is 5. The molecule has 0 atom stereocenters. The molecule has 0 aliphatic rings. The molecule has 0 aliphatic heterocycles. The van der Waals surface area contributed by atoms with Gasteiger partial charge < -0.3 is 15.8 Å². The number of benzene rings is 2. The number of nitrogen functional groups attached to an aromatic ring is 1. The highest BCUT2D eigenvalue weighted by atomic mass is 16.5. The van der Waals surface area contributed by atoms with Crippen molar-refractivity contribution in [3.63, 3.8) is 0 Å². The number of anilines is 2. The van der Waals surface area contributed by atoms with Crippen LogP contribution in [0.15, 0.2) is 48.5 Å². The molecule has 1 aromatic heterocycles. The summed E-state index contributed by atoms with van der Waals surface area (Å²) in [5.74, 6) is 2.34. The molecule has 3 aromatic rings. The van der Waals surface area contributed by atoms with E-state index >= 15 is 0 Å². The van der Waals surface area contributed by atoms with Gasteiger partial charge in [0.2, 0.25) is 11.9 Å². The van der Waals surface area contributed by atoms with Crippen molar-refractivity contribution >= 4 is 11.9 Å². The first-order valence-corrected chi connectivity index (χ1v) is 8.20. The van der Waals surface area contributed by atoms with Crippen molar-refractivity contribution in [2.24, 2.45) is 0 Å². The van der Waals surface area contributed by atoms with Crippen molar-refractivity contribution in [2.75, 3.05) is 11.1 Å². The molecule has 6 heteroatoms. The number of ether oxygens (including phenoxy) is 1. The van der Waals surface area contributed by atoms with Crippen LogP contribution in [0.25, 0.3) is 0 Å². The van der Waals surface area contributed by atoms with Crippen LogP contribution in [0.3, 0.4) is 0 Å². The lowest BCUT2D eigenvalue weighted by Gasteiger charge is -2.19. The molecule has 2 aromatic carbocycles. The van der Waals surface area contributed by atoms with Gasteiger partial charge in [-0.1, -0.05) is 51.1 Å². The zero-order valence-electron chi connectivity index (χ0n) is 14.7. The van der Waals surface area contributed by atoms with Crippen LogP contribution in [0.5, 0.6) is 11.5 Å². The van der Waals surface area contributed by atoms with Gasteiger partial charge in [0, 0.05) is 12.1 Å². The van der Waals surface area contributed by atoms with E-state index in [-0.39, 0.29) is 11.4 Å². The Labute approximate surface area is 147 Å². The van der Waals surface area contributed by atoms with Crippen molar-refractivity contribution in [2.45, 2.75) is 32.7 Å². The number of aromatic nitrogens is 3. The molecular weight excluding hydrogens is 314 g/mol. The van der Waals surface area contributed by atoms with Gasteiger partial charge in [-0.15, -0.1) is 5.10 Å². The Hall–Kier alpha value is -3.02. The van der Waals surface area contributed by atoms with Crippen LogP contribution in [-0.4, -0.2) is 15.2 Å². The predicted octanol–water partition coefficient (Wildman–Crippen LogP) is 4.09. The predicted molar refractivity (Wildman–Crippen MR) is 99.8 cm³/mol. The molecule has 0 radical (unpaired) electrons. The van der Waals surface area contributed by atoms with Crippen LogP contribution in [0, 0.1) is 0 Å². The lowest BCUT2D eigenvalue weighted by molar-refractivity contribution is 0.476. The van der Waals surface area contributed by atoms with E-state index in [0.717, 1.165) is 17.1 Å². The second-order valence-electron chi connectivity index (χ2n) is 6.88. The van der Waals surface area contributed by atoms with Gasteiger partial charge >= 0.3 is 0 Å². The third-order valence-electron chi connectivity index (χ3n) is 3.86. The Bertz CT molecular complexity index is 834. The van der Waals surface area contributed by atoms with Gasteiger partial charge in [-0.3, -0.25) is 0 Å². The van der Waals surface area contributed by atoms with E-state index in [1.165, 1.54) is 5.56 Å². The normalized spacial score (nSPS) is 11.3. The molecule has 0 saturated carbocycles. The van der Waals surface area contributed by atoms with Gasteiger partial charge in [0.15, 0.2) is 0 Å². The van der Waals surface area contributed by atoms with Gasteiger partial charge in [0.1, 0.15) is 11.5 Å². The molecule has 0 aliphatic carbocycles. The number of H-pyrrole nitrogens is 1. The number of nitrogens with zero attached hydrogens (tertiary/aromatic N) is 2. The largest absolute Gasteiger partial charge is 0.457 e. The number of hydrogen-bond acceptors (Lipinski definition) is 5. The zero-order chi connectivity index (χ0) is 17.9. The third kappa shape index (κ3) is 4.29. The highest BCUT2D eigenvalue weighted by molar-refractivity contribution is 5.41. The first-order chi connectivity index (χ1) is 11.9. The molecule has 3 rings (SSSR count). The maximum absolute atomic E-state index is 6.06. The van der Waals surface area contributed by atoms with Crippen molar-refractivity contribution in [1.29, 1.82) is 0 Å². The van der Waals surface area contributed by atoms with E-state index in [4.69, 9.17) is 10.5 Å². The average molecular weight is 337 g/mol. The van der Waals surface area contributed by atoms with Crippen molar-refractivity contribution < 1.29 is 4.74 Å². The molecule has 4 N–H and O–H groups in total. The molecule has 6 nitrogen and oxygen atoms in total. The smallest absolute Gasteiger partial charge is 0.243 e. The molecule has 0 saturated heterocycles. The van der Waals surface area contributed by atoms with Gasteiger partial charge in [-0.2, -0.15) is 4.98 Å². The minimum Gasteiger partial charge on any atom is -0.457 e. The maximum atomic E-state index is 6.06. The zero-order valence-corrected chi connectivity index (χ0v) is 14.7. The van der Waals surface area contributed by atoms with E-state index in [2.05, 4.69) is 53.4 Å². The quantitative estimate of drug-likeness (QED) is 0.652. The van der Waals surface area contributed by atoms with E-state index < -0.39 is 0 Å². The first kappa shape index (κ1) is 16.8. The lowest BCUT2D eigenvalue weighted by Crippen LogP contribution is -2.10. The van der Waals surface area contributed by atoms with Crippen molar-refractivity contribution in [3.05, 3.63) is 59.7 Å². The summed E-state index contributed by atoms with van der Waals surface area (Å²) in [5, 5.41) is 9.69. The summed E-state index contributed by atoms with van der Waals surface area (Å²) >= 11 is 0. The van der Waals surface area contributed by atoms with Gasteiger partial charge in [0.25, 0.3) is 0 Å². The molecule has 0 bridgehead atoms. The number of hydrogen-bond donors (Lipinski definition) is 3. The fraction of sp³-hybridized carbons (Fsp3) is 0.263. The first-order valence-electron chi connectivity index (χ1n) is 8.20. The summed E-state index contributed by atoms with van der Waals surface area (Å²) in [5.41, 5.74) is 7.93. The molecular formula is C19H23N5O. The Kier molecular flexibility index (Phi) is 4.61. The summed E-state index contributed by atoms with van der Waals surface area (Å²) < 4.78 is 6.06. The Morgan fingerprint density at radius 3 is 2.44 bits per heavy atom. The fourth-order valence-corrected chi connectivity index (χ4v) is 2.43. The number of para-hydroxylation sites is 1. The van der Waals surface area contributed by atoms with Crippen LogP contribution < -0.4 is 15.8 Å². The van der Waals surface area contributed by atoms with Crippen molar-refractivity contribution in [1.82, 2.24) is 15.2 Å². The molecule has 0 spiro atoms. The Balaban J connectivity index is 1.72. The molecule has 25 heavy (non-hydrogen) atoms. The minimum absolute atomic E-state index is 0.124. The van der Waals surface area contributed by atoms with Crippen LogP contribution in [-0.2, 0) is 12.0 Å². The van der Waals surface area contributed by atoms with Gasteiger partial charge in [-0.05, 0) is 29.2 Å². The summed E-state index contributed by atoms with van der Waals surface area (Å²) in [6, 6.07) is 16.1. The second-order valence-corrected chi connectivity index (χ2v) is 6.88. The van der Waals surface area contributed by atoms with E-state index in [0.29, 0.717) is 12.5 Å². The van der Waals surface area contributed by atoms with E-state index in [1.54, 1.807) is 0 Å². The number of nitrogens with one attached hydrogen (secondary N) is 2. The van der Waals surface area contributed by atoms with Crippen LogP contribution >= 0.6 is 0 Å². The average Bonchev–Trinajstić information content (AvgIpc) is 2.99.